The Morgan fingerprint density at radius 3 is 2.83 bits per heavy atom. The predicted molar refractivity (Wildman–Crippen MR) is 141 cm³/mol. The number of carbonyl (C=O) groups is 2. The maximum Gasteiger partial charge on any atom is 0.414 e. The summed E-state index contributed by atoms with van der Waals surface area (Å²) < 4.78 is 16.8. The van der Waals surface area contributed by atoms with Crippen molar-refractivity contribution < 1.29 is 23.8 Å². The molecule has 188 valence electrons. The molecule has 3 aromatic rings. The molecule has 9 heteroatoms. The van der Waals surface area contributed by atoms with Gasteiger partial charge in [0.25, 0.3) is 0 Å². The van der Waals surface area contributed by atoms with Crippen molar-refractivity contribution in [1.82, 2.24) is 5.32 Å². The number of fused-ring (bicyclic) bond motifs is 2. The molecule has 2 aliphatic heterocycles. The van der Waals surface area contributed by atoms with Crippen molar-refractivity contribution >= 4 is 45.9 Å². The second-order valence-corrected chi connectivity index (χ2v) is 9.78. The first-order chi connectivity index (χ1) is 17.6. The van der Waals surface area contributed by atoms with Crippen molar-refractivity contribution in [3.63, 3.8) is 0 Å². The van der Waals surface area contributed by atoms with E-state index >= 15 is 0 Å². The molecule has 0 aliphatic carbocycles. The van der Waals surface area contributed by atoms with Gasteiger partial charge in [0.2, 0.25) is 5.91 Å². The highest BCUT2D eigenvalue weighted by molar-refractivity contribution is 8.00. The first kappa shape index (κ1) is 24.3. The number of hydrogen-bond acceptors (Lipinski definition) is 7. The quantitative estimate of drug-likeness (QED) is 0.402. The lowest BCUT2D eigenvalue weighted by Gasteiger charge is -2.20. The lowest BCUT2D eigenvalue weighted by Crippen LogP contribution is -2.25. The van der Waals surface area contributed by atoms with Crippen LogP contribution in [0.1, 0.15) is 18.4 Å². The summed E-state index contributed by atoms with van der Waals surface area (Å²) in [6.07, 6.45) is 1.08. The average molecular weight is 508 g/mol. The number of thioether (sulfide) groups is 1. The maximum atomic E-state index is 12.5. The van der Waals surface area contributed by atoms with Gasteiger partial charge in [0.05, 0.1) is 32.2 Å². The van der Waals surface area contributed by atoms with Crippen molar-refractivity contribution in [2.45, 2.75) is 30.4 Å². The normalized spacial score (nSPS) is 17.1. The van der Waals surface area contributed by atoms with Gasteiger partial charge in [-0.15, -0.1) is 11.8 Å². The molecule has 3 aromatic carbocycles. The first-order valence-corrected chi connectivity index (χ1v) is 12.9. The van der Waals surface area contributed by atoms with E-state index in [1.807, 2.05) is 36.4 Å². The van der Waals surface area contributed by atoms with Crippen LogP contribution in [0.25, 0.3) is 10.8 Å². The topological polar surface area (TPSA) is 89.1 Å². The van der Waals surface area contributed by atoms with Crippen molar-refractivity contribution in [3.05, 3.63) is 54.1 Å². The molecule has 2 aliphatic rings. The molecule has 1 saturated heterocycles. The third kappa shape index (κ3) is 4.94. The number of methoxy groups -OCH3 is 2. The highest BCUT2D eigenvalue weighted by Crippen LogP contribution is 2.38. The van der Waals surface area contributed by atoms with Crippen molar-refractivity contribution in [2.24, 2.45) is 0 Å². The fraction of sp³-hybridized carbons (Fsp3) is 0.333. The van der Waals surface area contributed by atoms with Crippen LogP contribution in [0.4, 0.5) is 16.2 Å². The molecule has 2 heterocycles. The van der Waals surface area contributed by atoms with Crippen LogP contribution in [0.5, 0.6) is 11.5 Å². The molecule has 0 bridgehead atoms. The van der Waals surface area contributed by atoms with Gasteiger partial charge in [-0.25, -0.2) is 4.79 Å². The minimum atomic E-state index is -0.352. The van der Waals surface area contributed by atoms with Crippen LogP contribution < -0.4 is 25.0 Å². The number of hydrogen-bond donors (Lipinski definition) is 2. The number of ether oxygens (including phenoxy) is 3. The number of cyclic esters (lactones) is 1. The highest BCUT2D eigenvalue weighted by atomic mass is 32.2. The van der Waals surface area contributed by atoms with Gasteiger partial charge in [-0.1, -0.05) is 24.3 Å². The Hall–Kier alpha value is -3.43. The van der Waals surface area contributed by atoms with Gasteiger partial charge in [0.1, 0.15) is 6.10 Å². The van der Waals surface area contributed by atoms with Gasteiger partial charge < -0.3 is 24.8 Å². The van der Waals surface area contributed by atoms with Crippen LogP contribution in [0, 0.1) is 0 Å². The Kier molecular flexibility index (Phi) is 7.20. The molecule has 1 fully saturated rings. The molecular formula is C27H29N3O5S. The maximum absolute atomic E-state index is 12.5. The van der Waals surface area contributed by atoms with E-state index in [9.17, 15) is 9.59 Å². The van der Waals surface area contributed by atoms with Gasteiger partial charge in [-0.05, 0) is 54.4 Å². The molecule has 1 atom stereocenters. The summed E-state index contributed by atoms with van der Waals surface area (Å²) in [5.41, 5.74) is 2.54. The van der Waals surface area contributed by atoms with Crippen LogP contribution >= 0.6 is 11.8 Å². The Morgan fingerprint density at radius 2 is 2.00 bits per heavy atom. The Balaban J connectivity index is 1.16. The number of nitrogens with one attached hydrogen (secondary N) is 2. The number of benzene rings is 3. The third-order valence-electron chi connectivity index (χ3n) is 6.46. The lowest BCUT2D eigenvalue weighted by atomic mass is 10.0. The fourth-order valence-corrected chi connectivity index (χ4v) is 5.50. The molecule has 0 radical (unpaired) electrons. The zero-order valence-electron chi connectivity index (χ0n) is 20.3. The summed E-state index contributed by atoms with van der Waals surface area (Å²) in [6, 6.07) is 15.9. The van der Waals surface area contributed by atoms with Crippen LogP contribution in [0.3, 0.4) is 0 Å². The second-order valence-electron chi connectivity index (χ2n) is 8.76. The Labute approximate surface area is 214 Å². The summed E-state index contributed by atoms with van der Waals surface area (Å²) in [4.78, 5) is 26.9. The van der Waals surface area contributed by atoms with Gasteiger partial charge in [-0.3, -0.25) is 9.69 Å². The van der Waals surface area contributed by atoms with Gasteiger partial charge in [0, 0.05) is 22.7 Å². The van der Waals surface area contributed by atoms with E-state index in [0.717, 1.165) is 57.7 Å². The van der Waals surface area contributed by atoms with Crippen LogP contribution in [0.15, 0.2) is 53.4 Å². The van der Waals surface area contributed by atoms with Crippen LogP contribution in [-0.2, 0) is 16.1 Å². The minimum absolute atomic E-state index is 0.0291. The summed E-state index contributed by atoms with van der Waals surface area (Å²) in [5.74, 6) is 1.84. The molecule has 0 aromatic heterocycles. The number of anilines is 2. The molecular weight excluding hydrogens is 478 g/mol. The summed E-state index contributed by atoms with van der Waals surface area (Å²) in [6.45, 7) is 1.90. The third-order valence-corrected chi connectivity index (χ3v) is 7.53. The monoisotopic (exact) mass is 507 g/mol. The van der Waals surface area contributed by atoms with E-state index in [-0.39, 0.29) is 18.1 Å². The molecule has 0 spiro atoms. The predicted octanol–water partition coefficient (Wildman–Crippen LogP) is 4.80. The fourth-order valence-electron chi connectivity index (χ4n) is 4.72. The average Bonchev–Trinajstić information content (AvgIpc) is 3.27. The molecule has 5 rings (SSSR count). The Morgan fingerprint density at radius 1 is 1.14 bits per heavy atom. The minimum Gasteiger partial charge on any atom is -0.493 e. The molecule has 2 N–H and O–H groups in total. The Bertz CT molecular complexity index is 1300. The second kappa shape index (κ2) is 10.7. The van der Waals surface area contributed by atoms with Gasteiger partial charge in [-0.2, -0.15) is 0 Å². The zero-order valence-corrected chi connectivity index (χ0v) is 21.2. The number of rotatable bonds is 9. The van der Waals surface area contributed by atoms with Gasteiger partial charge >= 0.3 is 6.09 Å². The van der Waals surface area contributed by atoms with E-state index in [0.29, 0.717) is 24.6 Å². The van der Waals surface area contributed by atoms with E-state index < -0.39 is 0 Å². The molecule has 36 heavy (non-hydrogen) atoms. The summed E-state index contributed by atoms with van der Waals surface area (Å²) in [7, 11) is 3.31. The SMILES string of the molecule is COc1cc2ccccc2c(CNCCC[C@H]2CN(c3ccc4c(c3)NC(=O)CS4)C(=O)O2)c1OC. The van der Waals surface area contributed by atoms with Crippen molar-refractivity contribution in [3.8, 4) is 11.5 Å². The first-order valence-electron chi connectivity index (χ1n) is 12.0. The van der Waals surface area contributed by atoms with Crippen molar-refractivity contribution in [2.75, 3.05) is 43.3 Å². The van der Waals surface area contributed by atoms with Crippen molar-refractivity contribution in [1.29, 1.82) is 0 Å². The molecule has 0 saturated carbocycles. The van der Waals surface area contributed by atoms with E-state index in [2.05, 4.69) is 22.8 Å². The molecule has 8 nitrogen and oxygen atoms in total. The van der Waals surface area contributed by atoms with E-state index in [1.165, 1.54) is 11.8 Å². The highest BCUT2D eigenvalue weighted by Gasteiger charge is 2.32. The van der Waals surface area contributed by atoms with E-state index in [4.69, 9.17) is 14.2 Å². The van der Waals surface area contributed by atoms with Crippen LogP contribution in [0.2, 0.25) is 0 Å². The number of amides is 2. The molecule has 0 unspecified atom stereocenters. The number of carbonyl (C=O) groups excluding carboxylic acids is 2. The zero-order chi connectivity index (χ0) is 25.1. The lowest BCUT2D eigenvalue weighted by molar-refractivity contribution is -0.113. The molecule has 2 amide bonds. The summed E-state index contributed by atoms with van der Waals surface area (Å²) >= 11 is 1.50. The van der Waals surface area contributed by atoms with Crippen LogP contribution in [-0.4, -0.2) is 51.2 Å². The number of nitrogens with zero attached hydrogens (tertiary/aromatic N) is 1. The van der Waals surface area contributed by atoms with E-state index in [1.54, 1.807) is 19.1 Å². The largest absolute Gasteiger partial charge is 0.493 e. The smallest absolute Gasteiger partial charge is 0.414 e. The van der Waals surface area contributed by atoms with Gasteiger partial charge in [0.15, 0.2) is 11.5 Å². The summed E-state index contributed by atoms with van der Waals surface area (Å²) in [5, 5.41) is 8.61. The standard InChI is InChI=1S/C27H29N3O5S/c1-33-23-12-17-6-3-4-8-20(17)21(26(23)34-2)14-28-11-5-7-19-15-30(27(32)35-19)18-9-10-24-22(13-18)29-25(31)16-36-24/h3-4,6,8-10,12-13,19,28H,5,7,11,14-16H2,1-2H3,(H,29,31)/t19-/m0/s1.